The molecule has 1 aromatic rings. The summed E-state index contributed by atoms with van der Waals surface area (Å²) in [6, 6.07) is 9.14. The standard InChI is InChI=1S/C13H18.C11H23NO/c1-11-7-9-13(10-8-11)12-5-3-2-4-6-12;1-8(2)6-7-12-11(9(3)4)10(5)13/h7-10,12H,2-6H2,1H3;8-9,11-12H,6-7H2,1-5H3/t;11-/m.1/s1. The summed E-state index contributed by atoms with van der Waals surface area (Å²) in [5.74, 6) is 2.20. The lowest BCUT2D eigenvalue weighted by Gasteiger charge is -2.21. The molecule has 26 heavy (non-hydrogen) atoms. The van der Waals surface area contributed by atoms with E-state index in [1.807, 2.05) is 0 Å². The Balaban J connectivity index is 0.000000260. The average molecular weight is 360 g/mol. The van der Waals surface area contributed by atoms with Crippen LogP contribution in [0.5, 0.6) is 0 Å². The minimum Gasteiger partial charge on any atom is -0.307 e. The van der Waals surface area contributed by atoms with Gasteiger partial charge in [0.15, 0.2) is 0 Å². The van der Waals surface area contributed by atoms with Gasteiger partial charge in [0.1, 0.15) is 5.78 Å². The lowest BCUT2D eigenvalue weighted by Crippen LogP contribution is -2.40. The molecule has 0 radical (unpaired) electrons. The predicted octanol–water partition coefficient (Wildman–Crippen LogP) is 6.28. The molecule has 1 aliphatic rings. The number of Topliss-reactive ketones (excluding diaryl/α,β-unsaturated/α-hetero) is 1. The summed E-state index contributed by atoms with van der Waals surface area (Å²) in [5, 5.41) is 3.30. The Kier molecular flexibility index (Phi) is 10.8. The molecular formula is C24H41NO. The first kappa shape index (κ1) is 22.9. The molecule has 1 fully saturated rings. The monoisotopic (exact) mass is 359 g/mol. The summed E-state index contributed by atoms with van der Waals surface area (Å²) in [7, 11) is 0. The first-order valence-electron chi connectivity index (χ1n) is 10.6. The third kappa shape index (κ3) is 8.98. The van der Waals surface area contributed by atoms with Crippen molar-refractivity contribution in [1.29, 1.82) is 0 Å². The first-order chi connectivity index (χ1) is 12.3. The van der Waals surface area contributed by atoms with Crippen LogP contribution in [0.15, 0.2) is 24.3 Å². The Morgan fingerprint density at radius 1 is 1.04 bits per heavy atom. The van der Waals surface area contributed by atoms with Gasteiger partial charge in [0.2, 0.25) is 0 Å². The highest BCUT2D eigenvalue weighted by molar-refractivity contribution is 5.81. The maximum atomic E-state index is 11.2. The highest BCUT2D eigenvalue weighted by Crippen LogP contribution is 2.32. The Bertz CT molecular complexity index is 497. The van der Waals surface area contributed by atoms with Crippen LogP contribution in [0.4, 0.5) is 0 Å². The third-order valence-corrected chi connectivity index (χ3v) is 5.34. The van der Waals surface area contributed by atoms with Crippen molar-refractivity contribution >= 4 is 5.78 Å². The lowest BCUT2D eigenvalue weighted by molar-refractivity contribution is -0.119. The Morgan fingerprint density at radius 2 is 1.62 bits per heavy atom. The van der Waals surface area contributed by atoms with Gasteiger partial charge in [-0.1, -0.05) is 76.8 Å². The van der Waals surface area contributed by atoms with Crippen molar-refractivity contribution in [1.82, 2.24) is 5.32 Å². The van der Waals surface area contributed by atoms with Gasteiger partial charge in [-0.2, -0.15) is 0 Å². The molecule has 2 nitrogen and oxygen atoms in total. The molecular weight excluding hydrogens is 318 g/mol. The lowest BCUT2D eigenvalue weighted by atomic mass is 9.84. The fraction of sp³-hybridized carbons (Fsp3) is 0.708. The van der Waals surface area contributed by atoms with Gasteiger partial charge in [-0.25, -0.2) is 0 Å². The van der Waals surface area contributed by atoms with Crippen LogP contribution in [-0.2, 0) is 4.79 Å². The van der Waals surface area contributed by atoms with E-state index < -0.39 is 0 Å². The fourth-order valence-electron chi connectivity index (χ4n) is 3.65. The molecule has 0 amide bonds. The fourth-order valence-corrected chi connectivity index (χ4v) is 3.65. The minimum absolute atomic E-state index is 0.0405. The highest BCUT2D eigenvalue weighted by atomic mass is 16.1. The van der Waals surface area contributed by atoms with Gasteiger partial charge >= 0.3 is 0 Å². The van der Waals surface area contributed by atoms with E-state index >= 15 is 0 Å². The van der Waals surface area contributed by atoms with E-state index in [-0.39, 0.29) is 11.8 Å². The molecule has 1 N–H and O–H groups in total. The van der Waals surface area contributed by atoms with Gasteiger partial charge in [0.05, 0.1) is 6.04 Å². The molecule has 0 saturated heterocycles. The van der Waals surface area contributed by atoms with E-state index in [9.17, 15) is 4.79 Å². The van der Waals surface area contributed by atoms with Crippen molar-refractivity contribution in [3.05, 3.63) is 35.4 Å². The largest absolute Gasteiger partial charge is 0.307 e. The molecule has 1 aliphatic carbocycles. The number of nitrogens with one attached hydrogen (secondary N) is 1. The summed E-state index contributed by atoms with van der Waals surface area (Å²) in [5.41, 5.74) is 2.94. The second kappa shape index (κ2) is 12.3. The SMILES string of the molecule is CC(=O)[C@H](NCCC(C)C)C(C)C.Cc1ccc(C2CCCCC2)cc1. The normalized spacial score (nSPS) is 16.3. The summed E-state index contributed by atoms with van der Waals surface area (Å²) < 4.78 is 0. The van der Waals surface area contributed by atoms with Crippen LogP contribution in [0.1, 0.15) is 90.2 Å². The smallest absolute Gasteiger partial charge is 0.146 e. The minimum atomic E-state index is 0.0405. The number of benzene rings is 1. The second-order valence-electron chi connectivity index (χ2n) is 8.71. The second-order valence-corrected chi connectivity index (χ2v) is 8.71. The van der Waals surface area contributed by atoms with Gasteiger partial charge in [0.25, 0.3) is 0 Å². The zero-order valence-electron chi connectivity index (χ0n) is 18.0. The molecule has 148 valence electrons. The first-order valence-corrected chi connectivity index (χ1v) is 10.6. The Morgan fingerprint density at radius 3 is 2.08 bits per heavy atom. The van der Waals surface area contributed by atoms with Crippen LogP contribution < -0.4 is 5.32 Å². The molecule has 1 saturated carbocycles. The van der Waals surface area contributed by atoms with Crippen LogP contribution in [0.3, 0.4) is 0 Å². The highest BCUT2D eigenvalue weighted by Gasteiger charge is 2.17. The third-order valence-electron chi connectivity index (χ3n) is 5.34. The molecule has 0 spiro atoms. The van der Waals surface area contributed by atoms with Crippen molar-refractivity contribution in [2.75, 3.05) is 6.54 Å². The number of aryl methyl sites for hydroxylation is 1. The van der Waals surface area contributed by atoms with Crippen LogP contribution >= 0.6 is 0 Å². The number of ketones is 1. The summed E-state index contributed by atoms with van der Waals surface area (Å²) in [4.78, 5) is 11.2. The number of rotatable bonds is 7. The van der Waals surface area contributed by atoms with Crippen LogP contribution in [0.25, 0.3) is 0 Å². The topological polar surface area (TPSA) is 29.1 Å². The summed E-state index contributed by atoms with van der Waals surface area (Å²) >= 11 is 0. The van der Waals surface area contributed by atoms with Crippen LogP contribution in [0, 0.1) is 18.8 Å². The van der Waals surface area contributed by atoms with Gasteiger partial charge in [0, 0.05) is 0 Å². The van der Waals surface area contributed by atoms with Gasteiger partial charge in [-0.3, -0.25) is 4.79 Å². The zero-order chi connectivity index (χ0) is 19.5. The summed E-state index contributed by atoms with van der Waals surface area (Å²) in [6.07, 6.45) is 8.25. The van der Waals surface area contributed by atoms with Gasteiger partial charge in [-0.05, 0) is 63.0 Å². The molecule has 0 unspecified atom stereocenters. The number of hydrogen-bond acceptors (Lipinski definition) is 2. The zero-order valence-corrected chi connectivity index (χ0v) is 18.0. The van der Waals surface area contributed by atoms with E-state index in [0.29, 0.717) is 11.8 Å². The van der Waals surface area contributed by atoms with Crippen LogP contribution in [0.2, 0.25) is 0 Å². The van der Waals surface area contributed by atoms with Crippen molar-refractivity contribution < 1.29 is 4.79 Å². The molecule has 1 aromatic carbocycles. The van der Waals surface area contributed by atoms with E-state index in [4.69, 9.17) is 0 Å². The van der Waals surface area contributed by atoms with Crippen molar-refractivity contribution in [2.45, 2.75) is 92.0 Å². The molecule has 0 aromatic heterocycles. The number of carbonyl (C=O) groups excluding carboxylic acids is 1. The number of hydrogen-bond donors (Lipinski definition) is 1. The molecule has 0 heterocycles. The molecule has 0 aliphatic heterocycles. The van der Waals surface area contributed by atoms with Crippen LogP contribution in [-0.4, -0.2) is 18.4 Å². The van der Waals surface area contributed by atoms with Crippen molar-refractivity contribution in [3.63, 3.8) is 0 Å². The molecule has 2 rings (SSSR count). The molecule has 2 heteroatoms. The molecule has 0 bridgehead atoms. The van der Waals surface area contributed by atoms with Crippen molar-refractivity contribution in [3.8, 4) is 0 Å². The number of carbonyl (C=O) groups is 1. The van der Waals surface area contributed by atoms with E-state index in [2.05, 4.69) is 64.2 Å². The van der Waals surface area contributed by atoms with Gasteiger partial charge < -0.3 is 5.32 Å². The van der Waals surface area contributed by atoms with Crippen molar-refractivity contribution in [2.24, 2.45) is 11.8 Å². The quantitative estimate of drug-likeness (QED) is 0.621. The van der Waals surface area contributed by atoms with E-state index in [1.165, 1.54) is 37.7 Å². The predicted molar refractivity (Wildman–Crippen MR) is 114 cm³/mol. The Hall–Kier alpha value is -1.15. The summed E-state index contributed by atoms with van der Waals surface area (Å²) in [6.45, 7) is 13.3. The van der Waals surface area contributed by atoms with E-state index in [0.717, 1.165) is 18.9 Å². The van der Waals surface area contributed by atoms with E-state index in [1.54, 1.807) is 12.5 Å². The van der Waals surface area contributed by atoms with Gasteiger partial charge in [-0.15, -0.1) is 0 Å². The average Bonchev–Trinajstić information content (AvgIpc) is 2.60. The Labute approximate surface area is 162 Å². The maximum Gasteiger partial charge on any atom is 0.146 e. The molecule has 1 atom stereocenters. The maximum absolute atomic E-state index is 11.2.